The molecule has 1 saturated heterocycles. The number of nitrogens with zero attached hydrogens (tertiary/aromatic N) is 2. The third-order valence-electron chi connectivity index (χ3n) is 4.53. The first kappa shape index (κ1) is 22.7. The van der Waals surface area contributed by atoms with Crippen LogP contribution in [0.1, 0.15) is 23.7 Å². The summed E-state index contributed by atoms with van der Waals surface area (Å²) in [6.07, 6.45) is 2.04. The molecule has 1 aliphatic rings. The van der Waals surface area contributed by atoms with Crippen LogP contribution in [0.4, 0.5) is 21.9 Å². The minimum Gasteiger partial charge on any atom is -0.348 e. The molecule has 0 atom stereocenters. The molecule has 164 valence electrons. The van der Waals surface area contributed by atoms with Gasteiger partial charge < -0.3 is 25.0 Å². The van der Waals surface area contributed by atoms with Crippen LogP contribution < -0.4 is 15.5 Å². The zero-order valence-electron chi connectivity index (χ0n) is 17.4. The molecule has 31 heavy (non-hydrogen) atoms. The Morgan fingerprint density at radius 1 is 1.23 bits per heavy atom. The molecule has 0 aliphatic carbocycles. The average molecular weight is 445 g/mol. The monoisotopic (exact) mass is 444 g/mol. The summed E-state index contributed by atoms with van der Waals surface area (Å²) in [4.78, 5) is 31.1. The molecular weight excluding hydrogens is 420 g/mol. The van der Waals surface area contributed by atoms with Crippen LogP contribution >= 0.6 is 11.6 Å². The number of carbonyl (C=O) groups excluding carboxylic acids is 2. The van der Waals surface area contributed by atoms with E-state index in [2.05, 4.69) is 15.6 Å². The van der Waals surface area contributed by atoms with Crippen molar-refractivity contribution in [2.75, 3.05) is 37.0 Å². The van der Waals surface area contributed by atoms with Crippen molar-refractivity contribution in [2.45, 2.75) is 19.6 Å². The minimum atomic E-state index is -0.430. The second kappa shape index (κ2) is 10.9. The third kappa shape index (κ3) is 6.04. The summed E-state index contributed by atoms with van der Waals surface area (Å²) in [6, 6.07) is 11.7. The van der Waals surface area contributed by atoms with Gasteiger partial charge in [-0.05, 0) is 36.8 Å². The van der Waals surface area contributed by atoms with Crippen LogP contribution in [0.3, 0.4) is 0 Å². The van der Waals surface area contributed by atoms with Gasteiger partial charge in [-0.1, -0.05) is 30.7 Å². The van der Waals surface area contributed by atoms with E-state index in [-0.39, 0.29) is 12.5 Å². The van der Waals surface area contributed by atoms with Gasteiger partial charge in [-0.15, -0.1) is 0 Å². The van der Waals surface area contributed by atoms with Crippen molar-refractivity contribution in [3.05, 3.63) is 53.1 Å². The summed E-state index contributed by atoms with van der Waals surface area (Å²) < 4.78 is 10.6. The molecule has 0 aromatic heterocycles. The van der Waals surface area contributed by atoms with E-state index >= 15 is 0 Å². The predicted molar refractivity (Wildman–Crippen MR) is 122 cm³/mol. The number of ether oxygens (including phenoxy) is 2. The first-order chi connectivity index (χ1) is 15.0. The lowest BCUT2D eigenvalue weighted by Gasteiger charge is -2.20. The number of halogens is 1. The Balaban J connectivity index is 1.71. The molecule has 9 heteroatoms. The number of aliphatic imine (C=N–C) groups is 1. The van der Waals surface area contributed by atoms with Crippen molar-refractivity contribution in [2.24, 2.45) is 4.99 Å². The van der Waals surface area contributed by atoms with Gasteiger partial charge in [0.1, 0.15) is 0 Å². The largest absolute Gasteiger partial charge is 0.348 e. The molecule has 0 radical (unpaired) electrons. The zero-order valence-corrected chi connectivity index (χ0v) is 18.2. The van der Waals surface area contributed by atoms with Gasteiger partial charge in [0.2, 0.25) is 0 Å². The van der Waals surface area contributed by atoms with Gasteiger partial charge in [0.15, 0.2) is 6.29 Å². The van der Waals surface area contributed by atoms with Crippen molar-refractivity contribution in [1.29, 1.82) is 0 Å². The summed E-state index contributed by atoms with van der Waals surface area (Å²) in [5.74, 6) is -0.300. The fourth-order valence-electron chi connectivity index (χ4n) is 2.98. The van der Waals surface area contributed by atoms with Crippen molar-refractivity contribution < 1.29 is 19.1 Å². The van der Waals surface area contributed by atoms with Crippen LogP contribution in [0.15, 0.2) is 47.5 Å². The van der Waals surface area contributed by atoms with Crippen molar-refractivity contribution >= 4 is 46.8 Å². The van der Waals surface area contributed by atoms with E-state index in [0.29, 0.717) is 40.9 Å². The Kier molecular flexibility index (Phi) is 8.00. The van der Waals surface area contributed by atoms with Gasteiger partial charge in [-0.3, -0.25) is 9.79 Å². The number of benzene rings is 2. The fraction of sp³-hybridized carbons (Fsp3) is 0.318. The Labute approximate surface area is 186 Å². The number of carbonyl (C=O) groups is 2. The van der Waals surface area contributed by atoms with E-state index in [9.17, 15) is 9.59 Å². The second-order valence-electron chi connectivity index (χ2n) is 6.77. The number of urea groups is 1. The van der Waals surface area contributed by atoms with Crippen LogP contribution in [0.5, 0.6) is 0 Å². The van der Waals surface area contributed by atoms with Crippen LogP contribution in [0, 0.1) is 0 Å². The molecule has 1 heterocycles. The lowest BCUT2D eigenvalue weighted by atomic mass is 10.1. The highest BCUT2D eigenvalue weighted by molar-refractivity contribution is 6.35. The molecule has 2 aromatic rings. The van der Waals surface area contributed by atoms with E-state index < -0.39 is 12.3 Å². The topological polar surface area (TPSA) is 92.3 Å². The number of nitrogens with one attached hydrogen (secondary N) is 2. The molecule has 3 amide bonds. The van der Waals surface area contributed by atoms with Crippen molar-refractivity contribution in [1.82, 2.24) is 5.32 Å². The number of amides is 3. The zero-order chi connectivity index (χ0) is 22.2. The smallest absolute Gasteiger partial charge is 0.319 e. The Bertz CT molecular complexity index is 960. The summed E-state index contributed by atoms with van der Waals surface area (Å²) in [7, 11) is 1.65. The van der Waals surface area contributed by atoms with Crippen LogP contribution in [-0.4, -0.2) is 51.2 Å². The van der Waals surface area contributed by atoms with Crippen molar-refractivity contribution in [3.8, 4) is 0 Å². The van der Waals surface area contributed by atoms with Crippen LogP contribution in [0.25, 0.3) is 0 Å². The van der Waals surface area contributed by atoms with E-state index in [1.807, 2.05) is 6.92 Å². The summed E-state index contributed by atoms with van der Waals surface area (Å²) in [5.41, 5.74) is 1.96. The highest BCUT2D eigenvalue weighted by Gasteiger charge is 2.21. The fourth-order valence-corrected chi connectivity index (χ4v) is 3.23. The summed E-state index contributed by atoms with van der Waals surface area (Å²) >= 11 is 6.32. The molecule has 0 spiro atoms. The molecule has 8 nitrogen and oxygen atoms in total. The molecule has 2 aromatic carbocycles. The van der Waals surface area contributed by atoms with Gasteiger partial charge in [0, 0.05) is 24.6 Å². The van der Waals surface area contributed by atoms with Crippen LogP contribution in [-0.2, 0) is 9.47 Å². The lowest BCUT2D eigenvalue weighted by molar-refractivity contribution is -0.0369. The van der Waals surface area contributed by atoms with Gasteiger partial charge in [0.05, 0.1) is 36.0 Å². The average Bonchev–Trinajstić information content (AvgIpc) is 3.29. The van der Waals surface area contributed by atoms with E-state index in [4.69, 9.17) is 21.1 Å². The maximum absolute atomic E-state index is 13.2. The molecule has 1 aliphatic heterocycles. The maximum atomic E-state index is 13.2. The molecule has 0 saturated carbocycles. The highest BCUT2D eigenvalue weighted by atomic mass is 35.5. The molecule has 0 unspecified atom stereocenters. The maximum Gasteiger partial charge on any atom is 0.319 e. The second-order valence-corrected chi connectivity index (χ2v) is 7.18. The molecular formula is C22H25ClN4O4. The molecule has 2 N–H and O–H groups in total. The Morgan fingerprint density at radius 3 is 2.71 bits per heavy atom. The summed E-state index contributed by atoms with van der Waals surface area (Å²) in [5, 5.41) is 5.76. The molecule has 3 rings (SSSR count). The van der Waals surface area contributed by atoms with Gasteiger partial charge in [0.25, 0.3) is 5.91 Å². The SMILES string of the molecule is CC/C=N/c1cccc(Cl)c1C(=O)N(C)c1cccc(NC(=O)NCC2OCCO2)c1. The molecule has 1 fully saturated rings. The van der Waals surface area contributed by atoms with Crippen molar-refractivity contribution in [3.63, 3.8) is 0 Å². The number of rotatable bonds is 7. The predicted octanol–water partition coefficient (Wildman–Crippen LogP) is 4.22. The third-order valence-corrected chi connectivity index (χ3v) is 4.85. The quantitative estimate of drug-likeness (QED) is 0.625. The van der Waals surface area contributed by atoms with Gasteiger partial charge in [-0.25, -0.2) is 4.79 Å². The van der Waals surface area contributed by atoms with E-state index in [0.717, 1.165) is 6.42 Å². The van der Waals surface area contributed by atoms with E-state index in [1.165, 1.54) is 4.90 Å². The number of hydrogen-bond donors (Lipinski definition) is 2. The van der Waals surface area contributed by atoms with Gasteiger partial charge >= 0.3 is 6.03 Å². The van der Waals surface area contributed by atoms with E-state index in [1.54, 1.807) is 55.7 Å². The van der Waals surface area contributed by atoms with Gasteiger partial charge in [-0.2, -0.15) is 0 Å². The first-order valence-corrected chi connectivity index (χ1v) is 10.3. The van der Waals surface area contributed by atoms with Crippen LogP contribution in [0.2, 0.25) is 5.02 Å². The number of anilines is 2. The highest BCUT2D eigenvalue weighted by Crippen LogP contribution is 2.30. The Hall–Kier alpha value is -2.94. The Morgan fingerprint density at radius 2 is 1.97 bits per heavy atom. The molecule has 0 bridgehead atoms. The summed E-state index contributed by atoms with van der Waals surface area (Å²) in [6.45, 7) is 3.25. The number of hydrogen-bond acceptors (Lipinski definition) is 5. The first-order valence-electron chi connectivity index (χ1n) is 9.96. The standard InChI is InChI=1S/C22H25ClN4O4/c1-3-10-24-18-9-5-8-17(23)20(18)21(28)27(2)16-7-4-6-15(13-16)26-22(29)25-14-19-30-11-12-31-19/h4-10,13,19H,3,11-12,14H2,1-2H3,(H2,25,26,29)/b24-10+. The minimum absolute atomic E-state index is 0.247. The normalized spacial score (nSPS) is 14.0. The lowest BCUT2D eigenvalue weighted by Crippen LogP contribution is -2.35.